The average Bonchev–Trinajstić information content (AvgIpc) is 2.99. The molecule has 0 aliphatic rings. The first-order chi connectivity index (χ1) is 21.7. The highest BCUT2D eigenvalue weighted by atomic mass is 32.2. The van der Waals surface area contributed by atoms with Crippen molar-refractivity contribution in [3.8, 4) is 0 Å². The Morgan fingerprint density at radius 2 is 1.41 bits per heavy atom. The fourth-order valence-electron chi connectivity index (χ4n) is 4.98. The maximum absolute atomic E-state index is 13.5. The van der Waals surface area contributed by atoms with E-state index in [2.05, 4.69) is 15.4 Å². The van der Waals surface area contributed by atoms with E-state index in [1.54, 1.807) is 28.6 Å². The summed E-state index contributed by atoms with van der Waals surface area (Å²) in [6.07, 6.45) is 2.00. The minimum Gasteiger partial charge on any atom is -0.355 e. The summed E-state index contributed by atoms with van der Waals surface area (Å²) in [6.45, 7) is 9.85. The van der Waals surface area contributed by atoms with Gasteiger partial charge in [-0.2, -0.15) is 9.03 Å². The molecule has 10 nitrogen and oxygen atoms in total. The molecule has 3 aromatic rings. The highest BCUT2D eigenvalue weighted by molar-refractivity contribution is 7.89. The van der Waals surface area contributed by atoms with Crippen LogP contribution in [0.1, 0.15) is 58.1 Å². The van der Waals surface area contributed by atoms with Crippen molar-refractivity contribution in [3.63, 3.8) is 0 Å². The van der Waals surface area contributed by atoms with Crippen molar-refractivity contribution in [1.82, 2.24) is 14.3 Å². The number of hydrogen-bond donors (Lipinski definition) is 3. The zero-order chi connectivity index (χ0) is 33.9. The van der Waals surface area contributed by atoms with Gasteiger partial charge in [0.15, 0.2) is 0 Å². The smallest absolute Gasteiger partial charge is 0.243 e. The summed E-state index contributed by atoms with van der Waals surface area (Å²) in [6, 6.07) is 20.4. The topological polar surface area (TPSA) is 142 Å². The summed E-state index contributed by atoms with van der Waals surface area (Å²) in [5.41, 5.74) is 2.24. The van der Waals surface area contributed by atoms with Crippen LogP contribution in [0.25, 0.3) is 0 Å². The summed E-state index contributed by atoms with van der Waals surface area (Å²) >= 11 is 0. The lowest BCUT2D eigenvalue weighted by Gasteiger charge is -2.30. The number of carbonyl (C=O) groups excluding carboxylic acids is 2. The number of unbranched alkanes of at least 4 members (excludes halogenated alkanes) is 1. The summed E-state index contributed by atoms with van der Waals surface area (Å²) in [5, 5.41) is 5.45. The van der Waals surface area contributed by atoms with Gasteiger partial charge >= 0.3 is 0 Å². The average molecular weight is 671 g/mol. The molecule has 0 aliphatic carbocycles. The molecule has 0 bridgehead atoms. The first-order valence-corrected chi connectivity index (χ1v) is 18.4. The van der Waals surface area contributed by atoms with Crippen molar-refractivity contribution < 1.29 is 26.4 Å². The number of benzene rings is 3. The number of sulfonamides is 2. The monoisotopic (exact) mass is 670 g/mol. The molecule has 0 aromatic heterocycles. The molecule has 0 spiro atoms. The zero-order valence-electron chi connectivity index (χ0n) is 27.2. The van der Waals surface area contributed by atoms with Crippen molar-refractivity contribution in [2.24, 2.45) is 5.92 Å². The molecule has 3 N–H and O–H groups in total. The van der Waals surface area contributed by atoms with Crippen LogP contribution in [0.5, 0.6) is 0 Å². The van der Waals surface area contributed by atoms with E-state index in [1.165, 1.54) is 31.2 Å². The summed E-state index contributed by atoms with van der Waals surface area (Å²) in [4.78, 5) is 24.8. The second-order valence-electron chi connectivity index (χ2n) is 12.0. The number of carbonyl (C=O) groups is 2. The quantitative estimate of drug-likeness (QED) is 0.175. The zero-order valence-corrected chi connectivity index (χ0v) is 28.8. The van der Waals surface area contributed by atoms with E-state index < -0.39 is 32.0 Å². The summed E-state index contributed by atoms with van der Waals surface area (Å²) in [5.74, 6) is -0.593. The molecule has 2 amide bonds. The van der Waals surface area contributed by atoms with E-state index in [9.17, 15) is 26.4 Å². The maximum atomic E-state index is 13.5. The Morgan fingerprint density at radius 3 is 2.00 bits per heavy atom. The van der Waals surface area contributed by atoms with Gasteiger partial charge in [0, 0.05) is 31.7 Å². The van der Waals surface area contributed by atoms with E-state index >= 15 is 0 Å². The predicted octanol–water partition coefficient (Wildman–Crippen LogP) is 4.86. The summed E-state index contributed by atoms with van der Waals surface area (Å²) < 4.78 is 57.6. The minimum atomic E-state index is -4.06. The standard InChI is InChI=1S/C34H46N4O6S2/c1-25(2)24-38(46(43,44)32-18-14-26(3)15-19-32)27(4)11-9-10-22-35-34(40)33(23-29-12-7-6-8-13-29)37-45(41,42)31-20-16-30(17-21-31)36-28(5)39/h6-8,12-21,25,27,33,37H,9-11,22-24H2,1-5H3,(H,35,40)(H,36,39)/t27-,33+/m1/s1. The van der Waals surface area contributed by atoms with E-state index in [4.69, 9.17) is 0 Å². The van der Waals surface area contributed by atoms with Gasteiger partial charge in [0.25, 0.3) is 0 Å². The van der Waals surface area contributed by atoms with Gasteiger partial charge in [-0.1, -0.05) is 68.3 Å². The van der Waals surface area contributed by atoms with Gasteiger partial charge in [-0.25, -0.2) is 16.8 Å². The van der Waals surface area contributed by atoms with Gasteiger partial charge in [-0.3, -0.25) is 9.59 Å². The Kier molecular flexibility index (Phi) is 13.5. The fourth-order valence-corrected chi connectivity index (χ4v) is 8.00. The molecule has 0 fully saturated rings. The molecule has 2 atom stereocenters. The molecule has 0 saturated carbocycles. The van der Waals surface area contributed by atoms with E-state index in [-0.39, 0.29) is 34.1 Å². The predicted molar refractivity (Wildman–Crippen MR) is 181 cm³/mol. The number of hydrogen-bond acceptors (Lipinski definition) is 6. The molecule has 250 valence electrons. The molecular formula is C34H46N4O6S2. The van der Waals surface area contributed by atoms with Crippen LogP contribution in [0, 0.1) is 12.8 Å². The lowest BCUT2D eigenvalue weighted by atomic mass is 10.1. The molecule has 0 radical (unpaired) electrons. The molecule has 0 saturated heterocycles. The Morgan fingerprint density at radius 1 is 0.804 bits per heavy atom. The number of nitrogens with zero attached hydrogens (tertiary/aromatic N) is 1. The van der Waals surface area contributed by atoms with Gasteiger partial charge in [-0.05, 0) is 81.0 Å². The largest absolute Gasteiger partial charge is 0.355 e. The van der Waals surface area contributed by atoms with E-state index in [0.717, 1.165) is 11.1 Å². The van der Waals surface area contributed by atoms with Crippen molar-refractivity contribution in [3.05, 3.63) is 90.0 Å². The maximum Gasteiger partial charge on any atom is 0.243 e. The second-order valence-corrected chi connectivity index (χ2v) is 15.6. The number of amides is 2. The summed E-state index contributed by atoms with van der Waals surface area (Å²) in [7, 11) is -7.74. The van der Waals surface area contributed by atoms with Crippen LogP contribution in [0.2, 0.25) is 0 Å². The van der Waals surface area contributed by atoms with Gasteiger partial charge in [0.1, 0.15) is 6.04 Å². The van der Waals surface area contributed by atoms with Crippen LogP contribution >= 0.6 is 0 Å². The van der Waals surface area contributed by atoms with Gasteiger partial charge < -0.3 is 10.6 Å². The number of nitrogens with one attached hydrogen (secondary N) is 3. The Bertz CT molecular complexity index is 1640. The molecule has 0 unspecified atom stereocenters. The van der Waals surface area contributed by atoms with Gasteiger partial charge in [-0.15, -0.1) is 0 Å². The van der Waals surface area contributed by atoms with Gasteiger partial charge in [0.05, 0.1) is 9.79 Å². The molecule has 3 rings (SSSR count). The van der Waals surface area contributed by atoms with Crippen LogP contribution in [-0.2, 0) is 36.1 Å². The number of aryl methyl sites for hydroxylation is 1. The van der Waals surface area contributed by atoms with Crippen molar-refractivity contribution >= 4 is 37.5 Å². The van der Waals surface area contributed by atoms with Crippen LogP contribution in [-0.4, -0.2) is 58.1 Å². The van der Waals surface area contributed by atoms with Crippen LogP contribution in [0.4, 0.5) is 5.69 Å². The molecule has 12 heteroatoms. The Hall–Kier alpha value is -3.58. The SMILES string of the molecule is CC(=O)Nc1ccc(S(=O)(=O)N[C@@H](Cc2ccccc2)C(=O)NCCCC[C@@H](C)N(CC(C)C)S(=O)(=O)c2ccc(C)cc2)cc1. The van der Waals surface area contributed by atoms with Crippen LogP contribution in [0.15, 0.2) is 88.7 Å². The number of anilines is 1. The van der Waals surface area contributed by atoms with Crippen LogP contribution < -0.4 is 15.4 Å². The van der Waals surface area contributed by atoms with E-state index in [0.29, 0.717) is 38.0 Å². The minimum absolute atomic E-state index is 0.0343. The number of rotatable bonds is 17. The first kappa shape index (κ1) is 36.9. The van der Waals surface area contributed by atoms with Gasteiger partial charge in [0.2, 0.25) is 31.9 Å². The molecular weight excluding hydrogens is 625 g/mol. The van der Waals surface area contributed by atoms with Crippen molar-refractivity contribution in [2.75, 3.05) is 18.4 Å². The highest BCUT2D eigenvalue weighted by Gasteiger charge is 2.30. The molecule has 0 heterocycles. The first-order valence-electron chi connectivity index (χ1n) is 15.5. The third kappa shape index (κ3) is 11.0. The second kappa shape index (κ2) is 16.8. The fraction of sp³-hybridized carbons (Fsp3) is 0.412. The Balaban J connectivity index is 1.62. The third-order valence-electron chi connectivity index (χ3n) is 7.39. The third-order valence-corrected chi connectivity index (χ3v) is 10.9. The highest BCUT2D eigenvalue weighted by Crippen LogP contribution is 2.23. The van der Waals surface area contributed by atoms with Crippen molar-refractivity contribution in [2.45, 2.75) is 82.2 Å². The van der Waals surface area contributed by atoms with Crippen molar-refractivity contribution in [1.29, 1.82) is 0 Å². The molecule has 46 heavy (non-hydrogen) atoms. The lowest BCUT2D eigenvalue weighted by Crippen LogP contribution is -2.48. The van der Waals surface area contributed by atoms with Crippen LogP contribution in [0.3, 0.4) is 0 Å². The molecule has 3 aromatic carbocycles. The van der Waals surface area contributed by atoms with E-state index in [1.807, 2.05) is 58.0 Å². The lowest BCUT2D eigenvalue weighted by molar-refractivity contribution is -0.122. The normalized spacial score (nSPS) is 13.4. The molecule has 0 aliphatic heterocycles. The Labute approximate surface area is 274 Å².